The molecule has 0 unspecified atom stereocenters. The van der Waals surface area contributed by atoms with E-state index in [9.17, 15) is 4.79 Å². The Labute approximate surface area is 247 Å². The molecule has 0 atom stereocenters. The first kappa shape index (κ1) is 26.8. The maximum atomic E-state index is 14.4. The zero-order chi connectivity index (χ0) is 28.8. The molecule has 2 fully saturated rings. The summed E-state index contributed by atoms with van der Waals surface area (Å²) in [6.45, 7) is 4.62. The van der Waals surface area contributed by atoms with Crippen LogP contribution in [0.3, 0.4) is 0 Å². The summed E-state index contributed by atoms with van der Waals surface area (Å²) in [4.78, 5) is 18.7. The van der Waals surface area contributed by atoms with E-state index >= 15 is 0 Å². The Bertz CT molecular complexity index is 1600. The summed E-state index contributed by atoms with van der Waals surface area (Å²) in [6.07, 6.45) is 6.75. The van der Waals surface area contributed by atoms with Gasteiger partial charge in [-0.3, -0.25) is 4.79 Å². The molecule has 1 amide bonds. The number of likely N-dealkylation sites (tertiary alicyclic amines) is 1. The molecule has 42 heavy (non-hydrogen) atoms. The number of amides is 1. The second kappa shape index (κ2) is 10.6. The van der Waals surface area contributed by atoms with Crippen molar-refractivity contribution in [2.24, 2.45) is 0 Å². The van der Waals surface area contributed by atoms with E-state index in [0.29, 0.717) is 6.54 Å². The minimum atomic E-state index is -0.492. The van der Waals surface area contributed by atoms with E-state index in [1.807, 2.05) is 58.2 Å². The van der Waals surface area contributed by atoms with Crippen LogP contribution in [0.25, 0.3) is 16.9 Å². The normalized spacial score (nSPS) is 18.3. The highest BCUT2D eigenvalue weighted by Crippen LogP contribution is 2.58. The van der Waals surface area contributed by atoms with Crippen molar-refractivity contribution in [2.45, 2.75) is 57.1 Å². The first-order valence-electron chi connectivity index (χ1n) is 15.1. The Hall–Kier alpha value is -4.10. The Balaban J connectivity index is 1.37. The molecule has 4 aromatic rings. The summed E-state index contributed by atoms with van der Waals surface area (Å²) in [5.74, 6) is 1.81. The van der Waals surface area contributed by atoms with Crippen molar-refractivity contribution in [2.75, 3.05) is 32.1 Å². The Morgan fingerprint density at radius 2 is 1.74 bits per heavy atom. The molecule has 3 heterocycles. The van der Waals surface area contributed by atoms with Crippen molar-refractivity contribution in [3.63, 3.8) is 0 Å². The number of carbonyl (C=O) groups is 1. The van der Waals surface area contributed by atoms with Crippen LogP contribution in [0.5, 0.6) is 11.5 Å². The molecule has 3 aliphatic rings. The van der Waals surface area contributed by atoms with Crippen LogP contribution in [0.4, 0.5) is 5.69 Å². The second-order valence-electron chi connectivity index (χ2n) is 12.1. The van der Waals surface area contributed by atoms with E-state index in [1.165, 1.54) is 0 Å². The van der Waals surface area contributed by atoms with Crippen LogP contribution >= 0.6 is 0 Å². The third kappa shape index (κ3) is 4.47. The fraction of sp³-hybridized carbons (Fsp3) is 0.371. The van der Waals surface area contributed by atoms with Gasteiger partial charge in [0.2, 0.25) is 5.91 Å². The number of benzene rings is 3. The molecule has 1 aromatic heterocycles. The molecule has 1 aliphatic carbocycles. The van der Waals surface area contributed by atoms with E-state index in [4.69, 9.17) is 14.6 Å². The number of nitrogens with zero attached hydrogens (tertiary/aromatic N) is 4. The third-order valence-electron chi connectivity index (χ3n) is 9.41. The predicted molar refractivity (Wildman–Crippen MR) is 165 cm³/mol. The smallest absolute Gasteiger partial charge is 0.238 e. The highest BCUT2D eigenvalue weighted by molar-refractivity contribution is 6.10. The first-order valence-corrected chi connectivity index (χ1v) is 15.1. The molecule has 1 spiro atoms. The number of aromatic nitrogens is 2. The van der Waals surface area contributed by atoms with Gasteiger partial charge in [-0.2, -0.15) is 5.10 Å². The number of rotatable bonds is 7. The quantitative estimate of drug-likeness (QED) is 0.265. The molecule has 7 nitrogen and oxygen atoms in total. The van der Waals surface area contributed by atoms with Gasteiger partial charge in [0, 0.05) is 18.7 Å². The lowest BCUT2D eigenvalue weighted by Crippen LogP contribution is -2.44. The lowest BCUT2D eigenvalue weighted by molar-refractivity contribution is -0.126. The number of fused-ring (bicyclic) bond motifs is 2. The van der Waals surface area contributed by atoms with Gasteiger partial charge >= 0.3 is 0 Å². The van der Waals surface area contributed by atoms with Crippen LogP contribution < -0.4 is 14.4 Å². The monoisotopic (exact) mass is 562 g/mol. The molecule has 7 rings (SSSR count). The van der Waals surface area contributed by atoms with Gasteiger partial charge in [-0.1, -0.05) is 36.8 Å². The Kier molecular flexibility index (Phi) is 6.77. The summed E-state index contributed by atoms with van der Waals surface area (Å²) in [7, 11) is 3.84. The third-order valence-corrected chi connectivity index (χ3v) is 9.41. The maximum absolute atomic E-state index is 14.4. The molecule has 2 aliphatic heterocycles. The van der Waals surface area contributed by atoms with E-state index in [2.05, 4.69) is 43.1 Å². The van der Waals surface area contributed by atoms with E-state index in [-0.39, 0.29) is 12.0 Å². The van der Waals surface area contributed by atoms with Crippen LogP contribution in [0.2, 0.25) is 0 Å². The van der Waals surface area contributed by atoms with Crippen molar-refractivity contribution in [3.05, 3.63) is 89.6 Å². The number of aryl methyl sites for hydroxylation is 1. The van der Waals surface area contributed by atoms with Gasteiger partial charge in [0.1, 0.15) is 17.6 Å². The van der Waals surface area contributed by atoms with Crippen molar-refractivity contribution < 1.29 is 14.3 Å². The fourth-order valence-corrected chi connectivity index (χ4v) is 6.86. The molecule has 216 valence electrons. The average molecular weight is 563 g/mol. The van der Waals surface area contributed by atoms with Gasteiger partial charge < -0.3 is 19.3 Å². The minimum Gasteiger partial charge on any atom is -0.497 e. The van der Waals surface area contributed by atoms with Crippen LogP contribution in [-0.4, -0.2) is 53.9 Å². The molecule has 1 saturated heterocycles. The molecular weight excluding hydrogens is 524 g/mol. The van der Waals surface area contributed by atoms with Gasteiger partial charge in [-0.05, 0) is 92.7 Å². The van der Waals surface area contributed by atoms with Gasteiger partial charge in [0.25, 0.3) is 0 Å². The summed E-state index contributed by atoms with van der Waals surface area (Å²) in [5, 5.41) is 4.76. The highest BCUT2D eigenvalue weighted by Gasteiger charge is 2.55. The van der Waals surface area contributed by atoms with Crippen molar-refractivity contribution in [3.8, 4) is 28.4 Å². The molecule has 7 heteroatoms. The average Bonchev–Trinajstić information content (AvgIpc) is 3.50. The van der Waals surface area contributed by atoms with Crippen LogP contribution in [-0.2, 0) is 16.8 Å². The van der Waals surface area contributed by atoms with Gasteiger partial charge in [-0.15, -0.1) is 0 Å². The highest BCUT2D eigenvalue weighted by atomic mass is 16.5. The summed E-state index contributed by atoms with van der Waals surface area (Å²) in [5.41, 5.74) is 6.80. The molecular formula is C35H38N4O3. The lowest BCUT2D eigenvalue weighted by atomic mass is 9.65. The van der Waals surface area contributed by atoms with Crippen molar-refractivity contribution >= 4 is 11.6 Å². The fourth-order valence-electron chi connectivity index (χ4n) is 6.86. The Morgan fingerprint density at radius 1 is 1.00 bits per heavy atom. The number of methoxy groups -OCH3 is 1. The molecule has 0 bridgehead atoms. The summed E-state index contributed by atoms with van der Waals surface area (Å²) < 4.78 is 14.3. The van der Waals surface area contributed by atoms with Crippen molar-refractivity contribution in [1.29, 1.82) is 0 Å². The number of piperidine rings is 1. The number of para-hydroxylation sites is 1. The van der Waals surface area contributed by atoms with Crippen molar-refractivity contribution in [1.82, 2.24) is 14.7 Å². The number of anilines is 1. The minimum absolute atomic E-state index is 0.108. The number of hydrogen-bond donors (Lipinski definition) is 0. The summed E-state index contributed by atoms with van der Waals surface area (Å²) in [6, 6.07) is 22.7. The number of carbonyl (C=O) groups excluding carboxylic acids is 1. The van der Waals surface area contributed by atoms with E-state index < -0.39 is 5.41 Å². The van der Waals surface area contributed by atoms with E-state index in [1.54, 1.807) is 7.11 Å². The summed E-state index contributed by atoms with van der Waals surface area (Å²) >= 11 is 0. The van der Waals surface area contributed by atoms with Crippen LogP contribution in [0.15, 0.2) is 72.9 Å². The molecule has 0 radical (unpaired) electrons. The number of ether oxygens (including phenoxy) is 2. The van der Waals surface area contributed by atoms with Gasteiger partial charge in [0.15, 0.2) is 0 Å². The van der Waals surface area contributed by atoms with Crippen LogP contribution in [0, 0.1) is 6.92 Å². The maximum Gasteiger partial charge on any atom is 0.238 e. The molecule has 0 N–H and O–H groups in total. The second-order valence-corrected chi connectivity index (χ2v) is 12.1. The number of hydrogen-bond acceptors (Lipinski definition) is 5. The standard InChI is InChI=1S/C35H38N4O3/c1-24-22-36-39(27-8-5-4-6-9-27)32(24)26-20-30-33(31(21-26)42-29-14-18-37(2)19-15-29)38(34(40)35(30)16-7-17-35)23-25-10-12-28(41-3)13-11-25/h4-6,8-13,20-22,29H,7,14-19,23H2,1-3H3. The Morgan fingerprint density at radius 3 is 2.40 bits per heavy atom. The topological polar surface area (TPSA) is 59.8 Å². The zero-order valence-electron chi connectivity index (χ0n) is 24.7. The lowest BCUT2D eigenvalue weighted by Gasteiger charge is -2.37. The SMILES string of the molecule is COc1ccc(CN2C(=O)C3(CCC3)c3cc(-c4c(C)cnn4-c4ccccc4)cc(OC4CCN(C)CC4)c32)cc1. The predicted octanol–water partition coefficient (Wildman–Crippen LogP) is 6.30. The zero-order valence-corrected chi connectivity index (χ0v) is 24.7. The first-order chi connectivity index (χ1) is 20.5. The molecule has 1 saturated carbocycles. The largest absolute Gasteiger partial charge is 0.497 e. The van der Waals surface area contributed by atoms with Crippen LogP contribution in [0.1, 0.15) is 48.8 Å². The van der Waals surface area contributed by atoms with Gasteiger partial charge in [0.05, 0.1) is 42.3 Å². The van der Waals surface area contributed by atoms with Gasteiger partial charge in [-0.25, -0.2) is 4.68 Å². The van der Waals surface area contributed by atoms with E-state index in [0.717, 1.165) is 96.0 Å². The molecule has 3 aromatic carbocycles.